The Morgan fingerprint density at radius 1 is 1.10 bits per heavy atom. The van der Waals surface area contributed by atoms with Crippen LogP contribution in [0.5, 0.6) is 0 Å². The summed E-state index contributed by atoms with van der Waals surface area (Å²) in [5.74, 6) is 0. The maximum atomic E-state index is 12.2. The maximum Gasteiger partial charge on any atom is 0.345 e. The third-order valence-electron chi connectivity index (χ3n) is 3.25. The van der Waals surface area contributed by atoms with Gasteiger partial charge in [0.2, 0.25) is 0 Å². The number of fused-ring (bicyclic) bond motifs is 3. The van der Waals surface area contributed by atoms with E-state index in [1.807, 2.05) is 47.8 Å². The smallest absolute Gasteiger partial charge is 0.345 e. The molecule has 96 valence electrons. The number of thiophene rings is 1. The molecule has 0 aliphatic carbocycles. The summed E-state index contributed by atoms with van der Waals surface area (Å²) in [6, 6.07) is 13.3. The van der Waals surface area contributed by atoms with Crippen LogP contribution in [0.25, 0.3) is 32.3 Å². The quantitative estimate of drug-likeness (QED) is 0.493. The van der Waals surface area contributed by atoms with E-state index in [1.165, 1.54) is 11.3 Å². The highest BCUT2D eigenvalue weighted by Gasteiger charge is 2.11. The predicted molar refractivity (Wildman–Crippen MR) is 81.1 cm³/mol. The summed E-state index contributed by atoms with van der Waals surface area (Å²) in [6.07, 6.45) is 1.75. The molecule has 0 N–H and O–H groups in total. The third-order valence-corrected chi connectivity index (χ3v) is 4.16. The molecule has 4 heteroatoms. The van der Waals surface area contributed by atoms with E-state index in [0.29, 0.717) is 11.1 Å². The summed E-state index contributed by atoms with van der Waals surface area (Å²) in [5, 5.41) is 3.64. The van der Waals surface area contributed by atoms with Crippen molar-refractivity contribution in [3.05, 3.63) is 64.5 Å². The number of hydrogen-bond donors (Lipinski definition) is 0. The molecule has 4 aromatic rings. The molecule has 0 aliphatic heterocycles. The van der Waals surface area contributed by atoms with Gasteiger partial charge in [0.05, 0.1) is 11.1 Å². The SMILES string of the molecule is O=c1oc2c(cnc3ccccc32)cc1-c1cccs1. The van der Waals surface area contributed by atoms with Crippen molar-refractivity contribution < 1.29 is 4.42 Å². The lowest BCUT2D eigenvalue weighted by atomic mass is 10.1. The summed E-state index contributed by atoms with van der Waals surface area (Å²) >= 11 is 1.52. The van der Waals surface area contributed by atoms with Gasteiger partial charge in [-0.1, -0.05) is 18.2 Å². The fraction of sp³-hybridized carbons (Fsp3) is 0. The number of rotatable bonds is 1. The normalized spacial score (nSPS) is 11.2. The Kier molecular flexibility index (Phi) is 2.44. The molecule has 0 atom stereocenters. The number of aromatic nitrogens is 1. The zero-order chi connectivity index (χ0) is 13.5. The van der Waals surface area contributed by atoms with Gasteiger partial charge < -0.3 is 4.42 Å². The molecule has 20 heavy (non-hydrogen) atoms. The van der Waals surface area contributed by atoms with Gasteiger partial charge in [0.15, 0.2) is 0 Å². The molecule has 0 radical (unpaired) electrons. The molecule has 0 aliphatic rings. The van der Waals surface area contributed by atoms with Crippen LogP contribution < -0.4 is 5.63 Å². The first-order chi connectivity index (χ1) is 9.83. The average molecular weight is 279 g/mol. The van der Waals surface area contributed by atoms with E-state index in [9.17, 15) is 4.79 Å². The van der Waals surface area contributed by atoms with E-state index in [2.05, 4.69) is 4.98 Å². The molecule has 0 unspecified atom stereocenters. The lowest BCUT2D eigenvalue weighted by molar-refractivity contribution is 0.566. The Balaban J connectivity index is 2.11. The fourth-order valence-corrected chi connectivity index (χ4v) is 3.04. The highest BCUT2D eigenvalue weighted by molar-refractivity contribution is 7.13. The highest BCUT2D eigenvalue weighted by atomic mass is 32.1. The molecule has 0 fully saturated rings. The van der Waals surface area contributed by atoms with Gasteiger partial charge in [-0.25, -0.2) is 4.79 Å². The van der Waals surface area contributed by atoms with Gasteiger partial charge in [0.25, 0.3) is 0 Å². The predicted octanol–water partition coefficient (Wildman–Crippen LogP) is 4.07. The minimum atomic E-state index is -0.309. The Morgan fingerprint density at radius 2 is 2.00 bits per heavy atom. The van der Waals surface area contributed by atoms with Gasteiger partial charge in [0, 0.05) is 21.8 Å². The molecule has 0 saturated carbocycles. The first-order valence-electron chi connectivity index (χ1n) is 6.18. The minimum Gasteiger partial charge on any atom is -0.421 e. The van der Waals surface area contributed by atoms with Crippen molar-refractivity contribution in [2.24, 2.45) is 0 Å². The first-order valence-corrected chi connectivity index (χ1v) is 7.06. The Labute approximate surface area is 118 Å². The van der Waals surface area contributed by atoms with E-state index < -0.39 is 0 Å². The second-order valence-corrected chi connectivity index (χ2v) is 5.43. The van der Waals surface area contributed by atoms with Crippen LogP contribution in [-0.4, -0.2) is 4.98 Å². The van der Waals surface area contributed by atoms with Gasteiger partial charge in [-0.3, -0.25) is 4.98 Å². The largest absolute Gasteiger partial charge is 0.421 e. The summed E-state index contributed by atoms with van der Waals surface area (Å²) < 4.78 is 5.54. The van der Waals surface area contributed by atoms with Crippen LogP contribution in [0.4, 0.5) is 0 Å². The molecular formula is C16H9NO2S. The van der Waals surface area contributed by atoms with Crippen molar-refractivity contribution in [3.8, 4) is 10.4 Å². The number of para-hydroxylation sites is 1. The van der Waals surface area contributed by atoms with Crippen LogP contribution in [0.15, 0.2) is 63.3 Å². The number of pyridine rings is 1. The molecule has 3 heterocycles. The Morgan fingerprint density at radius 3 is 2.85 bits per heavy atom. The van der Waals surface area contributed by atoms with Gasteiger partial charge in [-0.05, 0) is 29.6 Å². The highest BCUT2D eigenvalue weighted by Crippen LogP contribution is 2.27. The van der Waals surface area contributed by atoms with Gasteiger partial charge >= 0.3 is 5.63 Å². The van der Waals surface area contributed by atoms with Crippen LogP contribution in [0.1, 0.15) is 0 Å². The molecule has 0 amide bonds. The molecule has 0 bridgehead atoms. The molecule has 3 nitrogen and oxygen atoms in total. The topological polar surface area (TPSA) is 43.1 Å². The van der Waals surface area contributed by atoms with E-state index in [4.69, 9.17) is 4.42 Å². The van der Waals surface area contributed by atoms with Crippen molar-refractivity contribution >= 4 is 33.2 Å². The van der Waals surface area contributed by atoms with Crippen LogP contribution in [0.2, 0.25) is 0 Å². The van der Waals surface area contributed by atoms with Gasteiger partial charge in [-0.2, -0.15) is 0 Å². The summed E-state index contributed by atoms with van der Waals surface area (Å²) in [7, 11) is 0. The average Bonchev–Trinajstić information content (AvgIpc) is 3.00. The van der Waals surface area contributed by atoms with E-state index in [-0.39, 0.29) is 5.63 Å². The van der Waals surface area contributed by atoms with Gasteiger partial charge in [-0.15, -0.1) is 11.3 Å². The van der Waals surface area contributed by atoms with E-state index >= 15 is 0 Å². The molecule has 0 spiro atoms. The summed E-state index contributed by atoms with van der Waals surface area (Å²) in [6.45, 7) is 0. The number of hydrogen-bond acceptors (Lipinski definition) is 4. The van der Waals surface area contributed by atoms with Crippen LogP contribution >= 0.6 is 11.3 Å². The first kappa shape index (κ1) is 11.4. The lowest BCUT2D eigenvalue weighted by Gasteiger charge is -2.03. The molecule has 3 aromatic heterocycles. The molecular weight excluding hydrogens is 270 g/mol. The molecule has 4 rings (SSSR count). The van der Waals surface area contributed by atoms with Crippen molar-refractivity contribution in [1.82, 2.24) is 4.98 Å². The zero-order valence-corrected chi connectivity index (χ0v) is 11.2. The Bertz CT molecular complexity index is 971. The summed E-state index contributed by atoms with van der Waals surface area (Å²) in [4.78, 5) is 17.5. The van der Waals surface area contributed by atoms with Crippen molar-refractivity contribution in [2.45, 2.75) is 0 Å². The Hall–Kier alpha value is -2.46. The van der Waals surface area contributed by atoms with Crippen LogP contribution in [0, 0.1) is 0 Å². The van der Waals surface area contributed by atoms with Crippen molar-refractivity contribution in [1.29, 1.82) is 0 Å². The van der Waals surface area contributed by atoms with E-state index in [0.717, 1.165) is 21.2 Å². The van der Waals surface area contributed by atoms with Crippen molar-refractivity contribution in [2.75, 3.05) is 0 Å². The lowest BCUT2D eigenvalue weighted by Crippen LogP contribution is -2.02. The summed E-state index contributed by atoms with van der Waals surface area (Å²) in [5.41, 5.74) is 1.70. The zero-order valence-electron chi connectivity index (χ0n) is 10.4. The number of nitrogens with zero attached hydrogens (tertiary/aromatic N) is 1. The molecule has 1 aromatic carbocycles. The third kappa shape index (κ3) is 1.66. The second kappa shape index (κ2) is 4.28. The maximum absolute atomic E-state index is 12.2. The monoisotopic (exact) mass is 279 g/mol. The van der Waals surface area contributed by atoms with Crippen molar-refractivity contribution in [3.63, 3.8) is 0 Å². The fourth-order valence-electron chi connectivity index (χ4n) is 2.31. The van der Waals surface area contributed by atoms with Crippen LogP contribution in [-0.2, 0) is 0 Å². The minimum absolute atomic E-state index is 0.309. The standard InChI is InChI=1S/C16H9NO2S/c18-16-12(14-6-3-7-20-14)8-10-9-17-13-5-2-1-4-11(13)15(10)19-16/h1-9H. The second-order valence-electron chi connectivity index (χ2n) is 4.48. The van der Waals surface area contributed by atoms with E-state index in [1.54, 1.807) is 6.20 Å². The van der Waals surface area contributed by atoms with Crippen LogP contribution in [0.3, 0.4) is 0 Å². The molecule has 0 saturated heterocycles. The van der Waals surface area contributed by atoms with Gasteiger partial charge in [0.1, 0.15) is 5.58 Å². The number of benzene rings is 1.